The van der Waals surface area contributed by atoms with E-state index < -0.39 is 0 Å². The molecular weight excluding hydrogens is 342 g/mol. The van der Waals surface area contributed by atoms with Crippen molar-refractivity contribution in [1.29, 1.82) is 0 Å². The fourth-order valence-electron chi connectivity index (χ4n) is 3.80. The van der Waals surface area contributed by atoms with Gasteiger partial charge in [-0.15, -0.1) is 0 Å². The number of anilines is 1. The van der Waals surface area contributed by atoms with E-state index in [0.29, 0.717) is 0 Å². The molecule has 4 heterocycles. The normalized spacial score (nSPS) is 15.0. The molecule has 4 rings (SSSR count). The Labute approximate surface area is 158 Å². The Morgan fingerprint density at radius 3 is 2.37 bits per heavy atom. The Morgan fingerprint density at radius 1 is 1.07 bits per heavy atom. The van der Waals surface area contributed by atoms with Crippen molar-refractivity contribution >= 4 is 17.4 Å². The van der Waals surface area contributed by atoms with Gasteiger partial charge in [0, 0.05) is 56.0 Å². The van der Waals surface area contributed by atoms with Gasteiger partial charge < -0.3 is 14.2 Å². The van der Waals surface area contributed by atoms with Crippen LogP contribution in [0.3, 0.4) is 0 Å². The lowest BCUT2D eigenvalue weighted by Crippen LogP contribution is -2.48. The fourth-order valence-corrected chi connectivity index (χ4v) is 3.80. The molecule has 142 valence electrons. The largest absolute Gasteiger partial charge is 0.466 e. The fraction of sp³-hybridized carbons (Fsp3) is 0.450. The summed E-state index contributed by atoms with van der Waals surface area (Å²) < 4.78 is 7.61. The van der Waals surface area contributed by atoms with Gasteiger partial charge in [0.25, 0.3) is 0 Å². The lowest BCUT2D eigenvalue weighted by Gasteiger charge is -2.36. The zero-order chi connectivity index (χ0) is 19.3. The van der Waals surface area contributed by atoms with Gasteiger partial charge in [-0.2, -0.15) is 9.61 Å². The molecule has 0 aliphatic carbocycles. The molecule has 0 atom stereocenters. The second-order valence-corrected chi connectivity index (χ2v) is 7.27. The van der Waals surface area contributed by atoms with Crippen LogP contribution in [0.5, 0.6) is 0 Å². The van der Waals surface area contributed by atoms with Crippen LogP contribution in [0.1, 0.15) is 29.7 Å². The number of fused-ring (bicyclic) bond motifs is 1. The van der Waals surface area contributed by atoms with Crippen molar-refractivity contribution < 1.29 is 9.21 Å². The molecule has 7 nitrogen and oxygen atoms in total. The second-order valence-electron chi connectivity index (χ2n) is 7.27. The standard InChI is InChI=1S/C20H25N5O2/c1-12-10-17(15(4)27-12)18-11-19-21-14(3)13(2)20(25(19)22-18)24-8-6-23(7-9-24)16(5)26/h10-11H,6-9H2,1-5H3. The summed E-state index contributed by atoms with van der Waals surface area (Å²) >= 11 is 0. The third-order valence-electron chi connectivity index (χ3n) is 5.39. The van der Waals surface area contributed by atoms with Gasteiger partial charge in [-0.1, -0.05) is 0 Å². The number of aromatic nitrogens is 3. The topological polar surface area (TPSA) is 66.9 Å². The number of aryl methyl sites for hydroxylation is 3. The lowest BCUT2D eigenvalue weighted by atomic mass is 10.2. The lowest BCUT2D eigenvalue weighted by molar-refractivity contribution is -0.129. The van der Waals surface area contributed by atoms with Crippen LogP contribution in [0.15, 0.2) is 16.5 Å². The first kappa shape index (κ1) is 17.6. The SMILES string of the molecule is CC(=O)N1CCN(c2c(C)c(C)nc3cc(-c4cc(C)oc4C)nn23)CC1. The summed E-state index contributed by atoms with van der Waals surface area (Å²) in [4.78, 5) is 20.6. The Balaban J connectivity index is 1.79. The van der Waals surface area contributed by atoms with Crippen molar-refractivity contribution in [3.8, 4) is 11.3 Å². The average molecular weight is 367 g/mol. The van der Waals surface area contributed by atoms with Crippen LogP contribution < -0.4 is 4.90 Å². The molecule has 1 aliphatic heterocycles. The minimum atomic E-state index is 0.134. The molecule has 0 unspecified atom stereocenters. The summed E-state index contributed by atoms with van der Waals surface area (Å²) in [5.74, 6) is 2.93. The van der Waals surface area contributed by atoms with Crippen molar-refractivity contribution in [2.24, 2.45) is 0 Å². The number of carbonyl (C=O) groups excluding carboxylic acids is 1. The summed E-state index contributed by atoms with van der Waals surface area (Å²) in [7, 11) is 0. The molecule has 3 aromatic heterocycles. The van der Waals surface area contributed by atoms with Crippen molar-refractivity contribution in [3.63, 3.8) is 0 Å². The Morgan fingerprint density at radius 2 is 1.78 bits per heavy atom. The summed E-state index contributed by atoms with van der Waals surface area (Å²) in [6, 6.07) is 4.03. The molecule has 7 heteroatoms. The highest BCUT2D eigenvalue weighted by Gasteiger charge is 2.24. The van der Waals surface area contributed by atoms with E-state index in [0.717, 1.165) is 71.7 Å². The first-order valence-corrected chi connectivity index (χ1v) is 9.30. The summed E-state index contributed by atoms with van der Waals surface area (Å²) in [6.45, 7) is 12.7. The van der Waals surface area contributed by atoms with E-state index in [4.69, 9.17) is 14.5 Å². The number of carbonyl (C=O) groups is 1. The first-order chi connectivity index (χ1) is 12.8. The molecule has 0 aromatic carbocycles. The molecule has 3 aromatic rings. The van der Waals surface area contributed by atoms with E-state index in [-0.39, 0.29) is 5.91 Å². The van der Waals surface area contributed by atoms with E-state index in [1.807, 2.05) is 42.3 Å². The van der Waals surface area contributed by atoms with Crippen LogP contribution in [0, 0.1) is 27.7 Å². The summed E-state index contributed by atoms with van der Waals surface area (Å²) in [5, 5.41) is 4.86. The average Bonchev–Trinajstić information content (AvgIpc) is 3.18. The van der Waals surface area contributed by atoms with Gasteiger partial charge in [0.15, 0.2) is 5.65 Å². The minimum Gasteiger partial charge on any atom is -0.466 e. The molecule has 1 fully saturated rings. The van der Waals surface area contributed by atoms with Crippen LogP contribution in [0.4, 0.5) is 5.82 Å². The monoisotopic (exact) mass is 367 g/mol. The van der Waals surface area contributed by atoms with Gasteiger partial charge >= 0.3 is 0 Å². The number of hydrogen-bond donors (Lipinski definition) is 0. The van der Waals surface area contributed by atoms with Crippen LogP contribution in [-0.2, 0) is 4.79 Å². The summed E-state index contributed by atoms with van der Waals surface area (Å²) in [5.41, 5.74) is 4.81. The number of amides is 1. The molecular formula is C20H25N5O2. The maximum absolute atomic E-state index is 11.6. The smallest absolute Gasteiger partial charge is 0.219 e. The third-order valence-corrected chi connectivity index (χ3v) is 5.39. The van der Waals surface area contributed by atoms with Crippen LogP contribution in [0.2, 0.25) is 0 Å². The van der Waals surface area contributed by atoms with Crippen molar-refractivity contribution in [1.82, 2.24) is 19.5 Å². The Kier molecular flexibility index (Phi) is 4.17. The van der Waals surface area contributed by atoms with Crippen molar-refractivity contribution in [3.05, 3.63) is 34.9 Å². The molecule has 1 aliphatic rings. The number of nitrogens with zero attached hydrogens (tertiary/aromatic N) is 5. The van der Waals surface area contributed by atoms with Crippen LogP contribution in [0.25, 0.3) is 16.9 Å². The van der Waals surface area contributed by atoms with Gasteiger partial charge in [0.05, 0.1) is 5.69 Å². The van der Waals surface area contributed by atoms with E-state index >= 15 is 0 Å². The highest BCUT2D eigenvalue weighted by Crippen LogP contribution is 2.30. The van der Waals surface area contributed by atoms with Crippen LogP contribution >= 0.6 is 0 Å². The molecule has 0 saturated carbocycles. The molecule has 0 spiro atoms. The molecule has 27 heavy (non-hydrogen) atoms. The number of piperazine rings is 1. The zero-order valence-corrected chi connectivity index (χ0v) is 16.5. The maximum Gasteiger partial charge on any atom is 0.219 e. The predicted molar refractivity (Wildman–Crippen MR) is 104 cm³/mol. The molecule has 0 N–H and O–H groups in total. The Bertz CT molecular complexity index is 1020. The molecule has 1 saturated heterocycles. The summed E-state index contributed by atoms with van der Waals surface area (Å²) in [6.07, 6.45) is 0. The van der Waals surface area contributed by atoms with E-state index in [2.05, 4.69) is 11.8 Å². The molecule has 0 bridgehead atoms. The molecule has 1 amide bonds. The first-order valence-electron chi connectivity index (χ1n) is 9.30. The van der Waals surface area contributed by atoms with E-state index in [1.165, 1.54) is 0 Å². The molecule has 0 radical (unpaired) electrons. The maximum atomic E-state index is 11.6. The van der Waals surface area contributed by atoms with E-state index in [1.54, 1.807) is 6.92 Å². The predicted octanol–water partition coefficient (Wildman–Crippen LogP) is 2.89. The minimum absolute atomic E-state index is 0.134. The van der Waals surface area contributed by atoms with Gasteiger partial charge in [-0.25, -0.2) is 4.98 Å². The van der Waals surface area contributed by atoms with Crippen molar-refractivity contribution in [2.75, 3.05) is 31.1 Å². The Hall–Kier alpha value is -2.83. The quantitative estimate of drug-likeness (QED) is 0.697. The van der Waals surface area contributed by atoms with Gasteiger partial charge in [0.1, 0.15) is 17.3 Å². The second kappa shape index (κ2) is 6.40. The number of furan rings is 1. The van der Waals surface area contributed by atoms with Gasteiger partial charge in [-0.05, 0) is 33.8 Å². The van der Waals surface area contributed by atoms with Crippen molar-refractivity contribution in [2.45, 2.75) is 34.6 Å². The third kappa shape index (κ3) is 2.97. The number of rotatable bonds is 2. The van der Waals surface area contributed by atoms with Crippen LogP contribution in [-0.4, -0.2) is 51.6 Å². The zero-order valence-electron chi connectivity index (χ0n) is 16.5. The number of hydrogen-bond acceptors (Lipinski definition) is 5. The van der Waals surface area contributed by atoms with E-state index in [9.17, 15) is 4.79 Å². The van der Waals surface area contributed by atoms with Gasteiger partial charge in [-0.3, -0.25) is 4.79 Å². The highest BCUT2D eigenvalue weighted by molar-refractivity contribution is 5.74. The highest BCUT2D eigenvalue weighted by atomic mass is 16.3. The van der Waals surface area contributed by atoms with Gasteiger partial charge in [0.2, 0.25) is 5.91 Å².